The van der Waals surface area contributed by atoms with Gasteiger partial charge in [0.05, 0.1) is 31.2 Å². The Kier molecular flexibility index (Phi) is 21.9. The maximum absolute atomic E-state index is 11.9. The van der Waals surface area contributed by atoms with Gasteiger partial charge in [-0.15, -0.1) is 0 Å². The van der Waals surface area contributed by atoms with Gasteiger partial charge in [0.2, 0.25) is 17.1 Å². The van der Waals surface area contributed by atoms with Crippen LogP contribution in [0.1, 0.15) is 32.3 Å². The van der Waals surface area contributed by atoms with Crippen molar-refractivity contribution in [2.45, 2.75) is 57.2 Å². The number of benzene rings is 1. The third-order valence-corrected chi connectivity index (χ3v) is 7.24. The number of hydrogen-bond acceptors (Lipinski definition) is 10. The van der Waals surface area contributed by atoms with Gasteiger partial charge in [-0.05, 0) is 67.6 Å². The molecule has 3 fully saturated rings. The number of halogens is 1. The van der Waals surface area contributed by atoms with Crippen molar-refractivity contribution in [2.75, 3.05) is 39.5 Å². The van der Waals surface area contributed by atoms with Gasteiger partial charge in [0, 0.05) is 19.1 Å². The van der Waals surface area contributed by atoms with E-state index in [4.69, 9.17) is 26.6 Å². The Morgan fingerprint density at radius 2 is 1.48 bits per heavy atom. The van der Waals surface area contributed by atoms with Crippen LogP contribution in [0.4, 0.5) is 4.79 Å². The lowest BCUT2D eigenvalue weighted by atomic mass is 9.76. The second kappa shape index (κ2) is 23.8. The standard InChI is InChI=1S/C16H21BN2O5.C7H11NO2.C4H9NO.C3H3ClO.CH4/c1-2-15(20)19-9-8-13(19)11-24-16(21)18-14(17(22)23)10-12-6-4-3-5-7-12;1-2-7(10)8-4-3-6(8)5-9;6-3-4-1-2-5-4;1-2-3(4)5;/h2-7,13-14,22-23H,1,8-11H2,(H,18,21);2,6,9H,1,3-5H2;4-6H,1-3H2;2H,1H2;1H4/t13-,14-;6-;4-;;/m000../s1. The molecule has 3 aliphatic heterocycles. The fourth-order valence-electron chi connectivity index (χ4n) is 4.03. The largest absolute Gasteiger partial charge is 0.475 e. The number of nitrogens with one attached hydrogen (secondary N) is 2. The van der Waals surface area contributed by atoms with E-state index in [0.717, 1.165) is 44.0 Å². The third-order valence-electron chi connectivity index (χ3n) is 7.09. The number of carbonyl (C=O) groups is 4. The molecule has 4 atom stereocenters. The third kappa shape index (κ3) is 15.7. The average molecular weight is 667 g/mol. The van der Waals surface area contributed by atoms with Crippen molar-refractivity contribution >= 4 is 41.9 Å². The summed E-state index contributed by atoms with van der Waals surface area (Å²) >= 11 is 4.71. The van der Waals surface area contributed by atoms with Crippen LogP contribution in [-0.2, 0) is 25.5 Å². The normalized spacial score (nSPS) is 19.2. The van der Waals surface area contributed by atoms with Gasteiger partial charge >= 0.3 is 13.2 Å². The van der Waals surface area contributed by atoms with E-state index < -0.39 is 24.4 Å². The van der Waals surface area contributed by atoms with E-state index in [-0.39, 0.29) is 51.0 Å². The number of ether oxygens (including phenoxy) is 1. The van der Waals surface area contributed by atoms with Crippen molar-refractivity contribution in [3.63, 3.8) is 0 Å². The second-order valence-corrected chi connectivity index (χ2v) is 10.5. The summed E-state index contributed by atoms with van der Waals surface area (Å²) in [4.78, 5) is 46.9. The molecule has 256 valence electrons. The van der Waals surface area contributed by atoms with Crippen LogP contribution in [0.2, 0.25) is 0 Å². The Hall–Kier alpha value is -3.53. The first-order valence-corrected chi connectivity index (χ1v) is 14.8. The highest BCUT2D eigenvalue weighted by Gasteiger charge is 2.33. The van der Waals surface area contributed by atoms with Crippen molar-refractivity contribution in [1.29, 1.82) is 0 Å². The number of nitrogens with zero attached hydrogens (tertiary/aromatic N) is 2. The number of allylic oxidation sites excluding steroid dienone is 1. The van der Waals surface area contributed by atoms with Crippen LogP contribution in [-0.4, -0.2) is 124 Å². The van der Waals surface area contributed by atoms with Crippen LogP contribution in [0.3, 0.4) is 0 Å². The molecule has 3 amide bonds. The highest BCUT2D eigenvalue weighted by Crippen LogP contribution is 2.18. The van der Waals surface area contributed by atoms with Crippen LogP contribution in [0.25, 0.3) is 0 Å². The summed E-state index contributed by atoms with van der Waals surface area (Å²) in [6.07, 6.45) is 5.88. The van der Waals surface area contributed by atoms with Crippen LogP contribution in [0.15, 0.2) is 68.3 Å². The summed E-state index contributed by atoms with van der Waals surface area (Å²) in [7, 11) is -1.71. The molecule has 1 aromatic rings. The van der Waals surface area contributed by atoms with Gasteiger partial charge in [0.1, 0.15) is 6.61 Å². The van der Waals surface area contributed by atoms with Gasteiger partial charge in [0.25, 0.3) is 0 Å². The molecule has 6 N–H and O–H groups in total. The first-order chi connectivity index (χ1) is 21.5. The van der Waals surface area contributed by atoms with Crippen molar-refractivity contribution < 1.29 is 44.2 Å². The fourth-order valence-corrected chi connectivity index (χ4v) is 4.03. The Morgan fingerprint density at radius 3 is 1.80 bits per heavy atom. The second-order valence-electron chi connectivity index (χ2n) is 10.1. The maximum Gasteiger partial charge on any atom is 0.475 e. The zero-order chi connectivity index (χ0) is 33.8. The molecular weight excluding hydrogens is 619 g/mol. The van der Waals surface area contributed by atoms with Crippen LogP contribution < -0.4 is 10.6 Å². The van der Waals surface area contributed by atoms with Gasteiger partial charge in [-0.2, -0.15) is 0 Å². The molecule has 46 heavy (non-hydrogen) atoms. The van der Waals surface area contributed by atoms with Gasteiger partial charge in [-0.25, -0.2) is 4.79 Å². The summed E-state index contributed by atoms with van der Waals surface area (Å²) in [6, 6.07) is 9.48. The molecule has 15 heteroatoms. The van der Waals surface area contributed by atoms with E-state index in [1.54, 1.807) is 9.80 Å². The van der Waals surface area contributed by atoms with Crippen molar-refractivity contribution in [2.24, 2.45) is 0 Å². The molecule has 0 radical (unpaired) electrons. The lowest BCUT2D eigenvalue weighted by molar-refractivity contribution is -0.135. The quantitative estimate of drug-likeness (QED) is 0.112. The molecule has 0 aliphatic carbocycles. The first kappa shape index (κ1) is 42.5. The summed E-state index contributed by atoms with van der Waals surface area (Å²) in [6.45, 7) is 12.8. The van der Waals surface area contributed by atoms with Crippen molar-refractivity contribution in [3.05, 3.63) is 73.9 Å². The number of alkyl carbamates (subject to hydrolysis) is 1. The lowest BCUT2D eigenvalue weighted by Gasteiger charge is -2.39. The molecule has 0 saturated carbocycles. The smallest absolute Gasteiger partial charge is 0.447 e. The van der Waals surface area contributed by atoms with E-state index in [1.807, 2.05) is 30.3 Å². The predicted octanol–water partition coefficient (Wildman–Crippen LogP) is 0.803. The molecule has 3 saturated heterocycles. The van der Waals surface area contributed by atoms with Crippen molar-refractivity contribution in [1.82, 2.24) is 20.4 Å². The number of amides is 3. The topological polar surface area (TPSA) is 189 Å². The number of hydrogen-bond donors (Lipinski definition) is 6. The predicted molar refractivity (Wildman–Crippen MR) is 178 cm³/mol. The molecular formula is C31H48BClN4O9. The summed E-state index contributed by atoms with van der Waals surface area (Å²) < 4.78 is 5.09. The zero-order valence-corrected chi connectivity index (χ0v) is 26.1. The van der Waals surface area contributed by atoms with Crippen LogP contribution >= 0.6 is 11.6 Å². The SMILES string of the molecule is C.C=CC(=O)Cl.C=CC(=O)N1CC[C@H]1CO.C=CC(=O)N1CC[C@H]1COC(=O)N[C@@H](Cc1ccccc1)B(O)O.OC[C@@H]1CCN1. The molecule has 0 bridgehead atoms. The van der Waals surface area contributed by atoms with E-state index in [1.165, 1.54) is 12.2 Å². The minimum absolute atomic E-state index is 0. The molecule has 3 heterocycles. The first-order valence-electron chi connectivity index (χ1n) is 14.5. The maximum atomic E-state index is 11.9. The van der Waals surface area contributed by atoms with E-state index in [9.17, 15) is 29.2 Å². The van der Waals surface area contributed by atoms with Gasteiger partial charge in [0.15, 0.2) is 0 Å². The molecule has 0 aromatic heterocycles. The van der Waals surface area contributed by atoms with Crippen LogP contribution in [0, 0.1) is 0 Å². The van der Waals surface area contributed by atoms with E-state index >= 15 is 0 Å². The fraction of sp³-hybridized carbons (Fsp3) is 0.484. The molecule has 13 nitrogen and oxygen atoms in total. The lowest BCUT2D eigenvalue weighted by Crippen LogP contribution is -2.54. The average Bonchev–Trinajstić information content (AvgIpc) is 2.96. The monoisotopic (exact) mass is 666 g/mol. The summed E-state index contributed by atoms with van der Waals surface area (Å²) in [5, 5.41) is 40.8. The van der Waals surface area contributed by atoms with Crippen LogP contribution in [0.5, 0.6) is 0 Å². The Bertz CT molecular complexity index is 1100. The Balaban J connectivity index is 0.000000748. The van der Waals surface area contributed by atoms with Gasteiger partial charge in [-0.1, -0.05) is 57.5 Å². The minimum atomic E-state index is -1.71. The summed E-state index contributed by atoms with van der Waals surface area (Å²) in [5.41, 5.74) is 0.859. The minimum Gasteiger partial charge on any atom is -0.447 e. The number of likely N-dealkylation sites (tertiary alicyclic amines) is 2. The Labute approximate surface area is 276 Å². The van der Waals surface area contributed by atoms with E-state index in [2.05, 4.69) is 30.4 Å². The Morgan fingerprint density at radius 1 is 0.957 bits per heavy atom. The number of aliphatic hydroxyl groups excluding tert-OH is 2. The van der Waals surface area contributed by atoms with Crippen molar-refractivity contribution in [3.8, 4) is 0 Å². The number of carbonyl (C=O) groups excluding carboxylic acids is 4. The number of aliphatic hydroxyl groups is 2. The molecule has 4 rings (SSSR count). The summed E-state index contributed by atoms with van der Waals surface area (Å²) in [5.74, 6) is -1.15. The van der Waals surface area contributed by atoms with Gasteiger partial charge in [-0.3, -0.25) is 14.4 Å². The number of rotatable bonds is 11. The highest BCUT2D eigenvalue weighted by molar-refractivity contribution is 6.66. The van der Waals surface area contributed by atoms with Gasteiger partial charge < -0.3 is 45.4 Å². The highest BCUT2D eigenvalue weighted by atomic mass is 35.5. The molecule has 1 aromatic carbocycles. The van der Waals surface area contributed by atoms with E-state index in [0.29, 0.717) is 19.2 Å². The molecule has 0 unspecified atom stereocenters. The zero-order valence-electron chi connectivity index (χ0n) is 25.3. The molecule has 3 aliphatic rings. The molecule has 0 spiro atoms.